The van der Waals surface area contributed by atoms with Gasteiger partial charge in [-0.25, -0.2) is 4.98 Å². The molecule has 4 rings (SSSR count). The molecule has 1 N–H and O–H groups in total. The Kier molecular flexibility index (Phi) is 4.42. The number of anilines is 1. The second-order valence-corrected chi connectivity index (χ2v) is 6.15. The summed E-state index contributed by atoms with van der Waals surface area (Å²) in [6.45, 7) is 3.52. The molecule has 0 aliphatic rings. The zero-order valence-electron chi connectivity index (χ0n) is 14.4. The van der Waals surface area contributed by atoms with Crippen molar-refractivity contribution in [3.05, 3.63) is 83.9 Å². The van der Waals surface area contributed by atoms with Crippen LogP contribution in [-0.4, -0.2) is 29.8 Å². The first kappa shape index (κ1) is 16.0. The molecule has 0 amide bonds. The minimum Gasteiger partial charge on any atom is -0.349 e. The number of imidazole rings is 1. The summed E-state index contributed by atoms with van der Waals surface area (Å²) in [7, 11) is 0. The summed E-state index contributed by atoms with van der Waals surface area (Å²) in [5.74, 6) is 0.622. The summed E-state index contributed by atoms with van der Waals surface area (Å²) in [5.41, 5.74) is 4.53. The molecule has 0 radical (unpaired) electrons. The zero-order chi connectivity index (χ0) is 17.8. The number of nitrogens with one attached hydrogen (secondary N) is 1. The van der Waals surface area contributed by atoms with Crippen LogP contribution in [0.5, 0.6) is 0 Å². The van der Waals surface area contributed by atoms with Crippen molar-refractivity contribution in [3.8, 4) is 5.69 Å². The average Bonchev–Trinajstić information content (AvgIpc) is 3.34. The minimum absolute atomic E-state index is 0.622. The molecule has 2 aromatic heterocycles. The fourth-order valence-electron chi connectivity index (χ4n) is 2.69. The van der Waals surface area contributed by atoms with E-state index in [1.54, 1.807) is 10.9 Å². The van der Waals surface area contributed by atoms with E-state index in [4.69, 9.17) is 0 Å². The van der Waals surface area contributed by atoms with Crippen molar-refractivity contribution in [2.45, 2.75) is 20.0 Å². The van der Waals surface area contributed by atoms with Crippen molar-refractivity contribution >= 4 is 5.95 Å². The van der Waals surface area contributed by atoms with E-state index in [1.165, 1.54) is 11.1 Å². The fraction of sp³-hybridized carbons (Fsp3) is 0.158. The number of rotatable bonds is 6. The number of hydrogen-bond donors (Lipinski definition) is 1. The Hall–Kier alpha value is -3.48. The van der Waals surface area contributed by atoms with Gasteiger partial charge in [-0.15, -0.1) is 0 Å². The third-order valence-electron chi connectivity index (χ3n) is 4.15. The fourth-order valence-corrected chi connectivity index (χ4v) is 2.69. The van der Waals surface area contributed by atoms with Crippen LogP contribution in [0.3, 0.4) is 0 Å². The van der Waals surface area contributed by atoms with Gasteiger partial charge in [0.1, 0.15) is 0 Å². The van der Waals surface area contributed by atoms with Gasteiger partial charge in [-0.1, -0.05) is 47.1 Å². The minimum atomic E-state index is 0.622. The van der Waals surface area contributed by atoms with E-state index in [-0.39, 0.29) is 0 Å². The number of aryl methyl sites for hydroxylation is 1. The predicted octanol–water partition coefficient (Wildman–Crippen LogP) is 2.83. The predicted molar refractivity (Wildman–Crippen MR) is 99.0 cm³/mol. The van der Waals surface area contributed by atoms with E-state index < -0.39 is 0 Å². The monoisotopic (exact) mass is 345 g/mol. The second-order valence-electron chi connectivity index (χ2n) is 6.15. The standard InChI is InChI=1S/C19H19N7/c1-15-2-8-18(9-3-15)26-19(22-23-24-26)21-12-16-4-6-17(7-5-16)13-25-11-10-20-14-25/h2-11,14H,12-13H2,1H3,(H,21,22,24). The largest absolute Gasteiger partial charge is 0.349 e. The molecule has 7 nitrogen and oxygen atoms in total. The van der Waals surface area contributed by atoms with Crippen LogP contribution in [0.25, 0.3) is 5.69 Å². The Labute approximate surface area is 151 Å². The molecule has 0 unspecified atom stereocenters. The second kappa shape index (κ2) is 7.18. The molecule has 26 heavy (non-hydrogen) atoms. The van der Waals surface area contributed by atoms with Crippen LogP contribution >= 0.6 is 0 Å². The lowest BCUT2D eigenvalue weighted by atomic mass is 10.1. The summed E-state index contributed by atoms with van der Waals surface area (Å²) in [5, 5.41) is 15.2. The normalized spacial score (nSPS) is 10.8. The van der Waals surface area contributed by atoms with E-state index in [2.05, 4.69) is 57.0 Å². The van der Waals surface area contributed by atoms with E-state index in [0.29, 0.717) is 12.5 Å². The molecule has 0 saturated heterocycles. The van der Waals surface area contributed by atoms with Crippen LogP contribution in [-0.2, 0) is 13.1 Å². The Morgan fingerprint density at radius 3 is 2.46 bits per heavy atom. The van der Waals surface area contributed by atoms with Gasteiger partial charge in [0.05, 0.1) is 12.0 Å². The molecule has 0 bridgehead atoms. The SMILES string of the molecule is Cc1ccc(-n2nnnc2NCc2ccc(Cn3ccnc3)cc2)cc1. The van der Waals surface area contributed by atoms with Crippen LogP contribution in [0.4, 0.5) is 5.95 Å². The Balaban J connectivity index is 1.41. The number of hydrogen-bond acceptors (Lipinski definition) is 5. The first-order chi connectivity index (χ1) is 12.8. The summed E-state index contributed by atoms with van der Waals surface area (Å²) in [4.78, 5) is 4.06. The molecule has 0 saturated carbocycles. The Bertz CT molecular complexity index is 954. The number of aromatic nitrogens is 6. The molecule has 2 heterocycles. The number of benzene rings is 2. The number of nitrogens with zero attached hydrogens (tertiary/aromatic N) is 6. The van der Waals surface area contributed by atoms with Gasteiger partial charge in [0, 0.05) is 25.5 Å². The van der Waals surface area contributed by atoms with Gasteiger partial charge in [0.2, 0.25) is 5.95 Å². The molecule has 0 aliphatic carbocycles. The van der Waals surface area contributed by atoms with E-state index >= 15 is 0 Å². The highest BCUT2D eigenvalue weighted by Crippen LogP contribution is 2.14. The van der Waals surface area contributed by atoms with Crippen LogP contribution < -0.4 is 5.32 Å². The van der Waals surface area contributed by atoms with Crippen molar-refractivity contribution in [2.75, 3.05) is 5.32 Å². The molecule has 130 valence electrons. The van der Waals surface area contributed by atoms with Gasteiger partial charge in [-0.2, -0.15) is 4.68 Å². The molecule has 7 heteroatoms. The maximum atomic E-state index is 4.08. The number of tetrazole rings is 1. The lowest BCUT2D eigenvalue weighted by Crippen LogP contribution is -2.07. The maximum Gasteiger partial charge on any atom is 0.248 e. The highest BCUT2D eigenvalue weighted by atomic mass is 15.6. The maximum absolute atomic E-state index is 4.08. The Morgan fingerprint density at radius 2 is 1.73 bits per heavy atom. The molecular formula is C19H19N7. The molecular weight excluding hydrogens is 326 g/mol. The third kappa shape index (κ3) is 3.61. The third-order valence-corrected chi connectivity index (χ3v) is 4.15. The van der Waals surface area contributed by atoms with Crippen LogP contribution in [0, 0.1) is 6.92 Å². The van der Waals surface area contributed by atoms with Gasteiger partial charge in [0.25, 0.3) is 0 Å². The first-order valence-corrected chi connectivity index (χ1v) is 8.41. The van der Waals surface area contributed by atoms with Gasteiger partial charge < -0.3 is 9.88 Å². The van der Waals surface area contributed by atoms with Crippen LogP contribution in [0.1, 0.15) is 16.7 Å². The quantitative estimate of drug-likeness (QED) is 0.582. The van der Waals surface area contributed by atoms with Gasteiger partial charge >= 0.3 is 0 Å². The van der Waals surface area contributed by atoms with Crippen molar-refractivity contribution < 1.29 is 0 Å². The first-order valence-electron chi connectivity index (χ1n) is 8.41. The summed E-state index contributed by atoms with van der Waals surface area (Å²) < 4.78 is 3.75. The molecule has 0 fully saturated rings. The lowest BCUT2D eigenvalue weighted by molar-refractivity contribution is 0.788. The highest BCUT2D eigenvalue weighted by molar-refractivity contribution is 5.40. The van der Waals surface area contributed by atoms with Crippen LogP contribution in [0.2, 0.25) is 0 Å². The molecule has 0 aliphatic heterocycles. The average molecular weight is 345 g/mol. The van der Waals surface area contributed by atoms with E-state index in [0.717, 1.165) is 17.8 Å². The smallest absolute Gasteiger partial charge is 0.248 e. The van der Waals surface area contributed by atoms with Crippen LogP contribution in [0.15, 0.2) is 67.3 Å². The van der Waals surface area contributed by atoms with Gasteiger partial charge in [-0.3, -0.25) is 0 Å². The topological polar surface area (TPSA) is 73.5 Å². The highest BCUT2D eigenvalue weighted by Gasteiger charge is 2.07. The van der Waals surface area contributed by atoms with E-state index in [9.17, 15) is 0 Å². The zero-order valence-corrected chi connectivity index (χ0v) is 14.4. The summed E-state index contributed by atoms with van der Waals surface area (Å²) in [6.07, 6.45) is 5.57. The van der Waals surface area contributed by atoms with Gasteiger partial charge in [0.15, 0.2) is 0 Å². The Morgan fingerprint density at radius 1 is 0.962 bits per heavy atom. The molecule has 2 aromatic carbocycles. The lowest BCUT2D eigenvalue weighted by Gasteiger charge is -2.08. The summed E-state index contributed by atoms with van der Waals surface area (Å²) >= 11 is 0. The van der Waals surface area contributed by atoms with Crippen molar-refractivity contribution in [2.24, 2.45) is 0 Å². The van der Waals surface area contributed by atoms with Crippen molar-refractivity contribution in [1.29, 1.82) is 0 Å². The molecule has 0 atom stereocenters. The molecule has 4 aromatic rings. The molecule has 0 spiro atoms. The summed E-state index contributed by atoms with van der Waals surface area (Å²) in [6, 6.07) is 16.6. The van der Waals surface area contributed by atoms with Crippen molar-refractivity contribution in [1.82, 2.24) is 29.8 Å². The van der Waals surface area contributed by atoms with Crippen molar-refractivity contribution in [3.63, 3.8) is 0 Å². The van der Waals surface area contributed by atoms with Gasteiger partial charge in [-0.05, 0) is 40.6 Å². The van der Waals surface area contributed by atoms with E-state index in [1.807, 2.05) is 41.4 Å².